The third-order valence-corrected chi connectivity index (χ3v) is 4.92. The second-order valence-corrected chi connectivity index (χ2v) is 5.87. The van der Waals surface area contributed by atoms with Gasteiger partial charge in [0.2, 0.25) is 0 Å². The lowest BCUT2D eigenvalue weighted by atomic mass is 9.99. The Balaban J connectivity index is 2.22. The van der Waals surface area contributed by atoms with Crippen LogP contribution in [0.5, 0.6) is 0 Å². The number of aryl methyl sites for hydroxylation is 1. The highest BCUT2D eigenvalue weighted by Gasteiger charge is 2.23. The fraction of sp³-hybridized carbons (Fsp3) is 0.333. The highest BCUT2D eigenvalue weighted by Crippen LogP contribution is 2.36. The van der Waals surface area contributed by atoms with Crippen LogP contribution in [0.2, 0.25) is 0 Å². The summed E-state index contributed by atoms with van der Waals surface area (Å²) in [6, 6.07) is 9.24. The topological polar surface area (TPSA) is 29.3 Å². The second-order valence-electron chi connectivity index (χ2n) is 4.09. The molecule has 0 saturated carbocycles. The summed E-state index contributed by atoms with van der Waals surface area (Å²) in [5.41, 5.74) is 9.53. The molecular formula is C12H15IN2S. The molecule has 1 heterocycles. The van der Waals surface area contributed by atoms with Crippen molar-refractivity contribution in [2.45, 2.75) is 19.4 Å². The van der Waals surface area contributed by atoms with E-state index in [1.807, 2.05) is 0 Å². The van der Waals surface area contributed by atoms with Crippen LogP contribution in [0.1, 0.15) is 23.6 Å². The molecule has 0 bridgehead atoms. The number of benzene rings is 1. The lowest BCUT2D eigenvalue weighted by molar-refractivity contribution is 0.370. The summed E-state index contributed by atoms with van der Waals surface area (Å²) in [5, 5.41) is 0. The minimum Gasteiger partial charge on any atom is -0.401 e. The summed E-state index contributed by atoms with van der Waals surface area (Å²) in [6.45, 7) is 2.97. The maximum absolute atomic E-state index is 5.87. The maximum atomic E-state index is 5.87. The Morgan fingerprint density at radius 2 is 2.06 bits per heavy atom. The van der Waals surface area contributed by atoms with E-state index in [0.717, 1.165) is 18.7 Å². The van der Waals surface area contributed by atoms with Gasteiger partial charge in [-0.1, -0.05) is 35.9 Å². The summed E-state index contributed by atoms with van der Waals surface area (Å²) >= 11 is 2.33. The molecule has 0 spiro atoms. The van der Waals surface area contributed by atoms with E-state index >= 15 is 0 Å². The van der Waals surface area contributed by atoms with Crippen molar-refractivity contribution in [3.05, 3.63) is 47.2 Å². The molecule has 0 aromatic heterocycles. The number of hydrogen-bond donors (Lipinski definition) is 1. The zero-order valence-electron chi connectivity index (χ0n) is 9.19. The van der Waals surface area contributed by atoms with Gasteiger partial charge in [0.15, 0.2) is 0 Å². The van der Waals surface area contributed by atoms with E-state index in [2.05, 4.69) is 62.8 Å². The third-order valence-electron chi connectivity index (χ3n) is 2.84. The predicted molar refractivity (Wildman–Crippen MR) is 79.1 cm³/mol. The molecule has 0 fully saturated rings. The first kappa shape index (κ1) is 12.3. The van der Waals surface area contributed by atoms with Crippen molar-refractivity contribution in [2.75, 3.05) is 6.54 Å². The molecule has 1 atom stereocenters. The Kier molecular flexibility index (Phi) is 4.16. The van der Waals surface area contributed by atoms with Gasteiger partial charge in [0.25, 0.3) is 0 Å². The van der Waals surface area contributed by atoms with E-state index in [1.165, 1.54) is 11.1 Å². The van der Waals surface area contributed by atoms with Crippen molar-refractivity contribution in [3.8, 4) is 0 Å². The number of rotatable bonds is 2. The lowest BCUT2D eigenvalue weighted by Gasteiger charge is -2.32. The molecule has 0 saturated heterocycles. The zero-order valence-corrected chi connectivity index (χ0v) is 12.2. The molecule has 0 radical (unpaired) electrons. The van der Waals surface area contributed by atoms with Crippen molar-refractivity contribution in [2.24, 2.45) is 5.73 Å². The van der Waals surface area contributed by atoms with Crippen LogP contribution in [0.4, 0.5) is 0 Å². The number of nitrogens with two attached hydrogens (primary N) is 1. The normalized spacial score (nSPS) is 21.9. The molecule has 1 aliphatic heterocycles. The molecule has 2 rings (SSSR count). The molecule has 2 N–H and O–H groups in total. The molecule has 1 unspecified atom stereocenters. The van der Waals surface area contributed by atoms with Crippen LogP contribution in [0.25, 0.3) is 0 Å². The Morgan fingerprint density at radius 1 is 1.38 bits per heavy atom. The van der Waals surface area contributed by atoms with Crippen LogP contribution in [0.3, 0.4) is 0 Å². The summed E-state index contributed by atoms with van der Waals surface area (Å²) in [7, 11) is 1.74. The fourth-order valence-corrected chi connectivity index (χ4v) is 3.64. The van der Waals surface area contributed by atoms with Gasteiger partial charge in [0.05, 0.1) is 0 Å². The van der Waals surface area contributed by atoms with Gasteiger partial charge in [-0.3, -0.25) is 0 Å². The van der Waals surface area contributed by atoms with Gasteiger partial charge >= 0.3 is 0 Å². The monoisotopic (exact) mass is 346 g/mol. The van der Waals surface area contributed by atoms with Crippen LogP contribution in [0, 0.1) is 6.92 Å². The molecule has 1 aromatic rings. The van der Waals surface area contributed by atoms with E-state index < -0.39 is 0 Å². The highest BCUT2D eigenvalue weighted by molar-refractivity contribution is 14.2. The van der Waals surface area contributed by atoms with Crippen molar-refractivity contribution in [1.82, 2.24) is 4.31 Å². The summed E-state index contributed by atoms with van der Waals surface area (Å²) in [5.74, 6) is 0. The smallest absolute Gasteiger partial charge is 0.0498 e. The SMILES string of the molecule is Cc1ccc(C2CC=C(N)CN2SI)cc1. The molecule has 2 nitrogen and oxygen atoms in total. The van der Waals surface area contributed by atoms with Crippen LogP contribution >= 0.6 is 30.3 Å². The Bertz CT molecular complexity index is 389. The average Bonchev–Trinajstić information content (AvgIpc) is 2.30. The molecule has 1 aliphatic rings. The van der Waals surface area contributed by atoms with E-state index in [4.69, 9.17) is 5.73 Å². The Hall–Kier alpha value is -0.200. The van der Waals surface area contributed by atoms with E-state index in [-0.39, 0.29) is 0 Å². The van der Waals surface area contributed by atoms with E-state index in [9.17, 15) is 0 Å². The summed E-state index contributed by atoms with van der Waals surface area (Å²) in [4.78, 5) is 0. The molecule has 86 valence electrons. The van der Waals surface area contributed by atoms with Gasteiger partial charge in [-0.05, 0) is 28.0 Å². The first-order valence-electron chi connectivity index (χ1n) is 5.27. The van der Waals surface area contributed by atoms with Gasteiger partial charge < -0.3 is 5.73 Å². The zero-order chi connectivity index (χ0) is 11.5. The van der Waals surface area contributed by atoms with Crippen LogP contribution in [-0.4, -0.2) is 10.8 Å². The van der Waals surface area contributed by atoms with Crippen LogP contribution < -0.4 is 5.73 Å². The number of hydrogen-bond acceptors (Lipinski definition) is 3. The largest absolute Gasteiger partial charge is 0.401 e. The first-order valence-corrected chi connectivity index (χ1v) is 8.58. The average molecular weight is 346 g/mol. The van der Waals surface area contributed by atoms with Gasteiger partial charge in [0.1, 0.15) is 0 Å². The lowest BCUT2D eigenvalue weighted by Crippen LogP contribution is -2.29. The standard InChI is InChI=1S/C12H15IN2S/c1-9-2-4-10(5-3-9)12-7-6-11(14)8-15(12)16-13/h2-6,12H,7-8,14H2,1H3. The van der Waals surface area contributed by atoms with Crippen molar-refractivity contribution >= 4 is 30.3 Å². The number of halogens is 1. The van der Waals surface area contributed by atoms with Gasteiger partial charge in [0, 0.05) is 39.5 Å². The predicted octanol–water partition coefficient (Wildman–Crippen LogP) is 3.58. The maximum Gasteiger partial charge on any atom is 0.0498 e. The molecule has 0 amide bonds. The highest BCUT2D eigenvalue weighted by atomic mass is 127. The Labute approximate surface area is 113 Å². The van der Waals surface area contributed by atoms with Crippen molar-refractivity contribution < 1.29 is 0 Å². The summed E-state index contributed by atoms with van der Waals surface area (Å²) < 4.78 is 2.33. The molecule has 4 heteroatoms. The molecule has 0 aliphatic carbocycles. The number of nitrogens with zero attached hydrogens (tertiary/aromatic N) is 1. The van der Waals surface area contributed by atoms with E-state index in [0.29, 0.717) is 6.04 Å². The fourth-order valence-electron chi connectivity index (χ4n) is 1.90. The van der Waals surface area contributed by atoms with Crippen molar-refractivity contribution in [1.29, 1.82) is 0 Å². The first-order chi connectivity index (χ1) is 7.70. The minimum atomic E-state index is 0.454. The van der Waals surface area contributed by atoms with Crippen molar-refractivity contribution in [3.63, 3.8) is 0 Å². The second kappa shape index (κ2) is 5.42. The minimum absolute atomic E-state index is 0.454. The van der Waals surface area contributed by atoms with Gasteiger partial charge in [-0.2, -0.15) is 0 Å². The Morgan fingerprint density at radius 3 is 2.69 bits per heavy atom. The third kappa shape index (κ3) is 2.73. The molecular weight excluding hydrogens is 331 g/mol. The molecule has 1 aromatic carbocycles. The van der Waals surface area contributed by atoms with Gasteiger partial charge in [-0.15, -0.1) is 0 Å². The quantitative estimate of drug-likeness (QED) is 0.656. The van der Waals surface area contributed by atoms with Crippen LogP contribution in [0.15, 0.2) is 36.0 Å². The summed E-state index contributed by atoms with van der Waals surface area (Å²) in [6.07, 6.45) is 3.15. The van der Waals surface area contributed by atoms with Crippen LogP contribution in [-0.2, 0) is 0 Å². The van der Waals surface area contributed by atoms with Gasteiger partial charge in [-0.25, -0.2) is 4.31 Å². The van der Waals surface area contributed by atoms with E-state index in [1.54, 1.807) is 9.12 Å². The molecule has 16 heavy (non-hydrogen) atoms.